The third-order valence-electron chi connectivity index (χ3n) is 20.2. The van der Waals surface area contributed by atoms with E-state index in [0.29, 0.717) is 5.56 Å². The van der Waals surface area contributed by atoms with E-state index in [4.69, 9.17) is 4.42 Å². The van der Waals surface area contributed by atoms with E-state index in [2.05, 4.69) is 182 Å². The minimum atomic E-state index is -0.548. The van der Waals surface area contributed by atoms with Crippen LogP contribution in [0, 0.1) is 18.6 Å². The molecule has 0 fully saturated rings. The highest BCUT2D eigenvalue weighted by atomic mass is 19.1. The number of anilines is 6. The summed E-state index contributed by atoms with van der Waals surface area (Å²) in [6.45, 7) is 40.4. The lowest BCUT2D eigenvalue weighted by Crippen LogP contribution is -2.63. The number of nitrogens with zero attached hydrogens (tertiary/aromatic N) is 2. The van der Waals surface area contributed by atoms with Gasteiger partial charge >= 0.3 is 0 Å². The molecule has 0 N–H and O–H groups in total. The Bertz CT molecular complexity index is 3350. The van der Waals surface area contributed by atoms with Crippen molar-refractivity contribution < 1.29 is 13.2 Å². The molecule has 1 aromatic heterocycles. The van der Waals surface area contributed by atoms with E-state index < -0.39 is 11.6 Å². The first kappa shape index (κ1) is 48.8. The molecule has 0 spiro atoms. The molecule has 12 rings (SSSR count). The van der Waals surface area contributed by atoms with Gasteiger partial charge in [0.1, 0.15) is 17.4 Å². The molecule has 6 aliphatic rings. The monoisotopic (exact) mass is 977 g/mol. The molecule has 0 amide bonds. The van der Waals surface area contributed by atoms with E-state index in [-0.39, 0.29) is 55.6 Å². The molecule has 380 valence electrons. The molecule has 0 saturated heterocycles. The number of halogens is 2. The highest BCUT2D eigenvalue weighted by molar-refractivity contribution is 7.00. The summed E-state index contributed by atoms with van der Waals surface area (Å²) in [6, 6.07) is 26.1. The van der Waals surface area contributed by atoms with E-state index in [1.165, 1.54) is 73.5 Å². The van der Waals surface area contributed by atoms with Crippen molar-refractivity contribution in [1.29, 1.82) is 0 Å². The lowest BCUT2D eigenvalue weighted by molar-refractivity contribution is 0.280. The third-order valence-corrected chi connectivity index (χ3v) is 20.2. The molecule has 6 heteroatoms. The van der Waals surface area contributed by atoms with E-state index in [1.807, 2.05) is 0 Å². The summed E-state index contributed by atoms with van der Waals surface area (Å²) < 4.78 is 41.6. The summed E-state index contributed by atoms with van der Waals surface area (Å²) in [6.07, 6.45) is 8.49. The van der Waals surface area contributed by atoms with Crippen molar-refractivity contribution >= 4 is 57.4 Å². The van der Waals surface area contributed by atoms with Crippen LogP contribution in [0.25, 0.3) is 11.1 Å². The molecule has 0 unspecified atom stereocenters. The largest absolute Gasteiger partial charge is 0.444 e. The van der Waals surface area contributed by atoms with Crippen molar-refractivity contribution in [2.75, 3.05) is 9.80 Å². The fraction of sp³-hybridized carbons (Fsp3) is 0.493. The Kier molecular flexibility index (Phi) is 10.1. The van der Waals surface area contributed by atoms with Gasteiger partial charge in [-0.2, -0.15) is 0 Å². The summed E-state index contributed by atoms with van der Waals surface area (Å²) in [5.74, 6) is 0.934. The maximum atomic E-state index is 16.9. The van der Waals surface area contributed by atoms with Gasteiger partial charge in [0.2, 0.25) is 0 Å². The van der Waals surface area contributed by atoms with Crippen molar-refractivity contribution in [3.63, 3.8) is 0 Å². The van der Waals surface area contributed by atoms with Crippen molar-refractivity contribution in [3.8, 4) is 11.1 Å². The van der Waals surface area contributed by atoms with E-state index in [1.54, 1.807) is 0 Å². The Morgan fingerprint density at radius 1 is 0.438 bits per heavy atom. The maximum absolute atomic E-state index is 16.9. The van der Waals surface area contributed by atoms with Gasteiger partial charge in [-0.1, -0.05) is 129 Å². The van der Waals surface area contributed by atoms with Crippen LogP contribution in [0.4, 0.5) is 43.1 Å². The standard InChI is InChI=1S/C67H79BF2N2O/c1-38-31-52-56-53(32-38)72(50-36-45-43(62(6,7)25-27-64(45,10)11)34-40(50)54-48(69)19-18-20-49(54)70)51-37-46-44(63(8,9)26-28-65(46,12)13)35-47(51)68(56)57-55-58(67(16,17)30-29-66(55,14)15)73-59(57)71(52)39-21-22-41-42(33-39)61(4,5)24-23-60(41,2)3/h18-22,31-37H,23-30H2,1-17H3. The first-order valence-electron chi connectivity index (χ1n) is 27.8. The number of hydrogen-bond donors (Lipinski definition) is 0. The average Bonchev–Trinajstić information content (AvgIpc) is 3.72. The Morgan fingerprint density at radius 2 is 0.890 bits per heavy atom. The minimum Gasteiger partial charge on any atom is -0.444 e. The van der Waals surface area contributed by atoms with Gasteiger partial charge in [-0.3, -0.25) is 4.90 Å². The molecule has 0 saturated carbocycles. The van der Waals surface area contributed by atoms with Crippen LogP contribution in [0.5, 0.6) is 0 Å². The van der Waals surface area contributed by atoms with Crippen molar-refractivity contribution in [2.24, 2.45) is 0 Å². The summed E-state index contributed by atoms with van der Waals surface area (Å²) >= 11 is 0. The SMILES string of the molecule is Cc1cc2c3c(c1)N(c1ccc4c(c1)C(C)(C)CCC4(C)C)c1oc4c(c1B3c1cc3c(cc1N2c1cc2c(cc1-c1c(F)cccc1F)C(C)(C)CCC2(C)C)C(C)(C)CCC3(C)C)C(C)(C)CCC4(C)C. The van der Waals surface area contributed by atoms with Crippen molar-refractivity contribution in [1.82, 2.24) is 0 Å². The second kappa shape index (κ2) is 15.1. The van der Waals surface area contributed by atoms with Crippen LogP contribution in [0.15, 0.2) is 77.2 Å². The van der Waals surface area contributed by atoms with Crippen LogP contribution < -0.4 is 26.2 Å². The van der Waals surface area contributed by atoms with E-state index in [9.17, 15) is 0 Å². The fourth-order valence-corrected chi connectivity index (χ4v) is 15.0. The maximum Gasteiger partial charge on any atom is 0.256 e. The second-order valence-corrected chi connectivity index (χ2v) is 29.1. The number of furan rings is 1. The summed E-state index contributed by atoms with van der Waals surface area (Å²) in [5, 5.41) is 0. The predicted octanol–water partition coefficient (Wildman–Crippen LogP) is 17.0. The number of aryl methyl sites for hydroxylation is 1. The minimum absolute atomic E-state index is 0.0109. The zero-order chi connectivity index (χ0) is 52.3. The van der Waals surface area contributed by atoms with Gasteiger partial charge in [-0.05, 0) is 212 Å². The van der Waals surface area contributed by atoms with Crippen LogP contribution in [-0.4, -0.2) is 6.71 Å². The molecule has 2 aliphatic heterocycles. The molecule has 5 aromatic carbocycles. The zero-order valence-electron chi connectivity index (χ0n) is 47.2. The number of fused-ring (bicyclic) bond motifs is 9. The van der Waals surface area contributed by atoms with Gasteiger partial charge in [-0.25, -0.2) is 8.78 Å². The molecule has 3 heterocycles. The van der Waals surface area contributed by atoms with Gasteiger partial charge in [0.05, 0.1) is 11.3 Å². The molecular weight excluding hydrogens is 898 g/mol. The smallest absolute Gasteiger partial charge is 0.256 e. The van der Waals surface area contributed by atoms with Crippen LogP contribution in [0.1, 0.15) is 212 Å². The van der Waals surface area contributed by atoms with Gasteiger partial charge in [0.15, 0.2) is 5.88 Å². The molecule has 73 heavy (non-hydrogen) atoms. The predicted molar refractivity (Wildman–Crippen MR) is 304 cm³/mol. The van der Waals surface area contributed by atoms with Crippen LogP contribution in [0.2, 0.25) is 0 Å². The van der Waals surface area contributed by atoms with Crippen molar-refractivity contribution in [2.45, 2.75) is 212 Å². The van der Waals surface area contributed by atoms with Gasteiger partial charge in [0, 0.05) is 33.7 Å². The topological polar surface area (TPSA) is 19.6 Å². The van der Waals surface area contributed by atoms with Gasteiger partial charge < -0.3 is 9.32 Å². The Hall–Kier alpha value is -5.10. The highest BCUT2D eigenvalue weighted by Gasteiger charge is 2.54. The first-order chi connectivity index (χ1) is 33.9. The molecule has 4 aliphatic carbocycles. The lowest BCUT2D eigenvalue weighted by Gasteiger charge is -2.48. The number of rotatable bonds is 3. The molecule has 0 radical (unpaired) electrons. The fourth-order valence-electron chi connectivity index (χ4n) is 15.0. The first-order valence-corrected chi connectivity index (χ1v) is 27.8. The molecule has 0 atom stereocenters. The second-order valence-electron chi connectivity index (χ2n) is 29.1. The van der Waals surface area contributed by atoms with Crippen LogP contribution in [0.3, 0.4) is 0 Å². The van der Waals surface area contributed by atoms with E-state index in [0.717, 1.165) is 97.0 Å². The van der Waals surface area contributed by atoms with Crippen LogP contribution >= 0.6 is 0 Å². The Balaban J connectivity index is 1.26. The average molecular weight is 977 g/mol. The number of hydrogen-bond acceptors (Lipinski definition) is 3. The van der Waals surface area contributed by atoms with Gasteiger partial charge in [-0.15, -0.1) is 0 Å². The van der Waals surface area contributed by atoms with E-state index >= 15 is 8.78 Å². The molecule has 0 bridgehead atoms. The summed E-state index contributed by atoms with van der Waals surface area (Å²) in [7, 11) is 0. The quantitative estimate of drug-likeness (QED) is 0.165. The third kappa shape index (κ3) is 6.91. The molecular formula is C67H79BF2N2O. The molecule has 3 nitrogen and oxygen atoms in total. The zero-order valence-corrected chi connectivity index (χ0v) is 47.2. The Labute approximate surface area is 436 Å². The molecule has 6 aromatic rings. The highest BCUT2D eigenvalue weighted by Crippen LogP contribution is 2.58. The van der Waals surface area contributed by atoms with Crippen LogP contribution in [-0.2, 0) is 43.3 Å². The van der Waals surface area contributed by atoms with Gasteiger partial charge in [0.25, 0.3) is 6.71 Å². The lowest BCUT2D eigenvalue weighted by atomic mass is 9.32. The Morgan fingerprint density at radius 3 is 1.45 bits per heavy atom. The summed E-state index contributed by atoms with van der Waals surface area (Å²) in [5.41, 5.74) is 19.1. The van der Waals surface area contributed by atoms with Crippen molar-refractivity contribution in [3.05, 3.63) is 135 Å². The normalized spacial score (nSPS) is 22.3. The number of benzene rings is 5. The summed E-state index contributed by atoms with van der Waals surface area (Å²) in [4.78, 5) is 4.96.